The van der Waals surface area contributed by atoms with Crippen molar-refractivity contribution in [2.45, 2.75) is 0 Å². The zero-order chi connectivity index (χ0) is 22.4. The molecule has 1 amide bonds. The van der Waals surface area contributed by atoms with Crippen LogP contribution in [0.5, 0.6) is 0 Å². The van der Waals surface area contributed by atoms with Crippen LogP contribution in [0.2, 0.25) is 5.02 Å². The van der Waals surface area contributed by atoms with Gasteiger partial charge in [0, 0.05) is 33.3 Å². The summed E-state index contributed by atoms with van der Waals surface area (Å²) in [6, 6.07) is 20.9. The predicted octanol–water partition coefficient (Wildman–Crippen LogP) is 8.53. The molecule has 0 unspecified atom stereocenters. The van der Waals surface area contributed by atoms with Crippen LogP contribution in [0, 0.1) is 7.14 Å². The van der Waals surface area contributed by atoms with Crippen molar-refractivity contribution in [2.24, 2.45) is 0 Å². The molecular weight excluding hydrogens is 717 g/mol. The van der Waals surface area contributed by atoms with E-state index in [0.717, 1.165) is 27.9 Å². The minimum atomic E-state index is -0.194. The Balaban J connectivity index is 1.51. The molecule has 1 heterocycles. The molecule has 0 spiro atoms. The van der Waals surface area contributed by atoms with Crippen LogP contribution in [0.1, 0.15) is 10.4 Å². The number of benzene rings is 4. The lowest BCUT2D eigenvalue weighted by molar-refractivity contribution is 0.102. The van der Waals surface area contributed by atoms with Gasteiger partial charge in [0.1, 0.15) is 5.52 Å². The van der Waals surface area contributed by atoms with E-state index in [-0.39, 0.29) is 5.91 Å². The number of anilines is 1. The van der Waals surface area contributed by atoms with Crippen molar-refractivity contribution in [3.63, 3.8) is 0 Å². The molecule has 5 rings (SSSR count). The van der Waals surface area contributed by atoms with Crippen LogP contribution in [0.3, 0.4) is 0 Å². The average Bonchev–Trinajstić information content (AvgIpc) is 3.19. The molecule has 0 saturated heterocycles. The van der Waals surface area contributed by atoms with Crippen molar-refractivity contribution in [3.05, 3.63) is 88.9 Å². The number of amides is 1. The second-order valence-electron chi connectivity index (χ2n) is 7.05. The van der Waals surface area contributed by atoms with E-state index < -0.39 is 0 Å². The molecule has 0 bridgehead atoms. The van der Waals surface area contributed by atoms with Crippen molar-refractivity contribution in [3.8, 4) is 11.5 Å². The van der Waals surface area contributed by atoms with Gasteiger partial charge in [0.25, 0.3) is 5.91 Å². The maximum absolute atomic E-state index is 12.9. The molecule has 1 aromatic heterocycles. The number of nitrogens with zero attached hydrogens (tertiary/aromatic N) is 1. The molecule has 4 nitrogen and oxygen atoms in total. The molecule has 0 aliphatic rings. The maximum atomic E-state index is 12.9. The summed E-state index contributed by atoms with van der Waals surface area (Å²) in [5.41, 5.74) is 3.39. The Bertz CT molecular complexity index is 1530. The molecule has 8 heteroatoms. The van der Waals surface area contributed by atoms with Gasteiger partial charge in [0.2, 0.25) is 5.89 Å². The highest BCUT2D eigenvalue weighted by Crippen LogP contribution is 2.34. The Morgan fingerprint density at radius 2 is 1.78 bits per heavy atom. The summed E-state index contributed by atoms with van der Waals surface area (Å²) < 4.78 is 8.77. The van der Waals surface area contributed by atoms with E-state index in [9.17, 15) is 4.79 Å². The largest absolute Gasteiger partial charge is 0.436 e. The molecule has 158 valence electrons. The highest BCUT2D eigenvalue weighted by Gasteiger charge is 2.16. The monoisotopic (exact) mass is 728 g/mol. The Morgan fingerprint density at radius 3 is 2.62 bits per heavy atom. The minimum Gasteiger partial charge on any atom is -0.436 e. The lowest BCUT2D eigenvalue weighted by atomic mass is 10.0. The fraction of sp³-hybridized carbons (Fsp3) is 0. The third kappa shape index (κ3) is 4.15. The fourth-order valence-electron chi connectivity index (χ4n) is 3.50. The average molecular weight is 730 g/mol. The van der Waals surface area contributed by atoms with Crippen molar-refractivity contribution < 1.29 is 9.21 Å². The summed E-state index contributed by atoms with van der Waals surface area (Å²) in [6.07, 6.45) is 0. The Labute approximate surface area is 224 Å². The number of rotatable bonds is 3. The van der Waals surface area contributed by atoms with Gasteiger partial charge in [-0.25, -0.2) is 4.98 Å². The molecule has 0 radical (unpaired) electrons. The quantitative estimate of drug-likeness (QED) is 0.150. The van der Waals surface area contributed by atoms with Crippen molar-refractivity contribution in [2.75, 3.05) is 5.32 Å². The highest BCUT2D eigenvalue weighted by molar-refractivity contribution is 14.1. The first-order chi connectivity index (χ1) is 15.4. The third-order valence-electron chi connectivity index (χ3n) is 4.98. The van der Waals surface area contributed by atoms with Gasteiger partial charge in [-0.05, 0) is 109 Å². The SMILES string of the molecule is O=C(Nc1ccc2oc(-c3cccc4c(Cl)cccc34)nc2c1)c1cc(I)cc(I)c1Br. The smallest absolute Gasteiger partial charge is 0.256 e. The van der Waals surface area contributed by atoms with E-state index in [1.807, 2.05) is 66.7 Å². The lowest BCUT2D eigenvalue weighted by Crippen LogP contribution is -2.13. The van der Waals surface area contributed by atoms with Gasteiger partial charge in [-0.2, -0.15) is 0 Å². The summed E-state index contributed by atoms with van der Waals surface area (Å²) in [7, 11) is 0. The lowest BCUT2D eigenvalue weighted by Gasteiger charge is -2.09. The van der Waals surface area contributed by atoms with Crippen LogP contribution < -0.4 is 5.32 Å². The minimum absolute atomic E-state index is 0.194. The number of carbonyl (C=O) groups is 1. The van der Waals surface area contributed by atoms with E-state index in [1.54, 1.807) is 0 Å². The molecule has 32 heavy (non-hydrogen) atoms. The number of oxazole rings is 1. The molecular formula is C24H12BrClI2N2O2. The van der Waals surface area contributed by atoms with Crippen LogP contribution in [0.15, 0.2) is 75.6 Å². The van der Waals surface area contributed by atoms with Crippen LogP contribution in [0.4, 0.5) is 5.69 Å². The van der Waals surface area contributed by atoms with Crippen LogP contribution in [-0.4, -0.2) is 10.9 Å². The van der Waals surface area contributed by atoms with E-state index in [2.05, 4.69) is 71.4 Å². The summed E-state index contributed by atoms with van der Waals surface area (Å²) >= 11 is 14.3. The van der Waals surface area contributed by atoms with E-state index in [4.69, 9.17) is 16.0 Å². The van der Waals surface area contributed by atoms with Gasteiger partial charge in [-0.1, -0.05) is 35.9 Å². The number of carbonyl (C=O) groups excluding carboxylic acids is 1. The molecule has 0 atom stereocenters. The molecule has 5 aromatic rings. The third-order valence-corrected chi connectivity index (χ3v) is 8.38. The van der Waals surface area contributed by atoms with Crippen molar-refractivity contribution in [1.29, 1.82) is 0 Å². The second kappa shape index (κ2) is 8.92. The second-order valence-corrected chi connectivity index (χ2v) is 10.7. The number of aromatic nitrogens is 1. The molecule has 4 aromatic carbocycles. The van der Waals surface area contributed by atoms with Gasteiger partial charge in [-0.15, -0.1) is 0 Å². The van der Waals surface area contributed by atoms with E-state index in [0.29, 0.717) is 33.3 Å². The summed E-state index contributed by atoms with van der Waals surface area (Å²) in [5, 5.41) is 5.55. The zero-order valence-corrected chi connectivity index (χ0v) is 22.8. The molecule has 0 saturated carbocycles. The highest BCUT2D eigenvalue weighted by atomic mass is 127. The summed E-state index contributed by atoms with van der Waals surface area (Å²) in [5.74, 6) is 0.311. The fourth-order valence-corrected chi connectivity index (χ4v) is 5.99. The van der Waals surface area contributed by atoms with E-state index >= 15 is 0 Å². The Morgan fingerprint density at radius 1 is 1.00 bits per heavy atom. The normalized spacial score (nSPS) is 11.2. The van der Waals surface area contributed by atoms with E-state index in [1.165, 1.54) is 0 Å². The number of hydrogen-bond acceptors (Lipinski definition) is 3. The molecule has 0 fully saturated rings. The van der Waals surface area contributed by atoms with Gasteiger partial charge in [0.05, 0.1) is 5.56 Å². The van der Waals surface area contributed by atoms with Crippen LogP contribution in [0.25, 0.3) is 33.3 Å². The standard InChI is InChI=1S/C24H12BrClI2N2O2/c25-22-17(9-12(27)10-19(22)28)23(31)29-13-7-8-21-20(11-13)30-24(32-21)16-5-1-4-15-14(16)3-2-6-18(15)26/h1-11H,(H,29,31). The maximum Gasteiger partial charge on any atom is 0.256 e. The number of nitrogens with one attached hydrogen (secondary N) is 1. The predicted molar refractivity (Wildman–Crippen MR) is 149 cm³/mol. The summed E-state index contributed by atoms with van der Waals surface area (Å²) in [6.45, 7) is 0. The van der Waals surface area contributed by atoms with Crippen molar-refractivity contribution in [1.82, 2.24) is 4.98 Å². The first-order valence-electron chi connectivity index (χ1n) is 9.45. The Kier molecular flexibility index (Phi) is 6.17. The first kappa shape index (κ1) is 22.1. The van der Waals surface area contributed by atoms with Gasteiger partial charge < -0.3 is 9.73 Å². The topological polar surface area (TPSA) is 55.1 Å². The molecule has 0 aliphatic carbocycles. The van der Waals surface area contributed by atoms with Gasteiger partial charge in [0.15, 0.2) is 5.58 Å². The zero-order valence-electron chi connectivity index (χ0n) is 16.1. The van der Waals surface area contributed by atoms with Crippen LogP contribution >= 0.6 is 72.7 Å². The Hall–Kier alpha value is -1.69. The van der Waals surface area contributed by atoms with Crippen LogP contribution in [-0.2, 0) is 0 Å². The first-order valence-corrected chi connectivity index (χ1v) is 12.8. The van der Waals surface area contributed by atoms with Crippen molar-refractivity contribution >= 4 is 106 Å². The number of halogens is 4. The number of hydrogen-bond donors (Lipinski definition) is 1. The molecule has 1 N–H and O–H groups in total. The molecule has 0 aliphatic heterocycles. The number of fused-ring (bicyclic) bond motifs is 2. The van der Waals surface area contributed by atoms with Gasteiger partial charge >= 0.3 is 0 Å². The summed E-state index contributed by atoms with van der Waals surface area (Å²) in [4.78, 5) is 17.6. The van der Waals surface area contributed by atoms with Gasteiger partial charge in [-0.3, -0.25) is 4.79 Å².